The van der Waals surface area contributed by atoms with E-state index in [0.717, 1.165) is 29.3 Å². The van der Waals surface area contributed by atoms with Crippen LogP contribution in [0.1, 0.15) is 52.5 Å². The monoisotopic (exact) mass is 431 g/mol. The summed E-state index contributed by atoms with van der Waals surface area (Å²) in [6.45, 7) is 9.56. The highest BCUT2D eigenvalue weighted by Gasteiger charge is 2.36. The van der Waals surface area contributed by atoms with Gasteiger partial charge in [0.25, 0.3) is 0 Å². The molecule has 0 atom stereocenters. The molecule has 1 fully saturated rings. The summed E-state index contributed by atoms with van der Waals surface area (Å²) in [7, 11) is 0. The summed E-state index contributed by atoms with van der Waals surface area (Å²) in [4.78, 5) is 14.0. The number of ether oxygens (including phenoxy) is 2. The molecule has 2 rings (SSSR count). The molecule has 140 valence electrons. The second-order valence-electron chi connectivity index (χ2n) is 7.53. The van der Waals surface area contributed by atoms with Crippen LogP contribution in [0.15, 0.2) is 22.7 Å². The Kier molecular flexibility index (Phi) is 6.80. The fourth-order valence-electron chi connectivity index (χ4n) is 2.89. The Balaban J connectivity index is 1.93. The molecule has 0 saturated carbocycles. The van der Waals surface area contributed by atoms with Crippen molar-refractivity contribution in [1.82, 2.24) is 4.90 Å². The molecule has 1 aliphatic heterocycles. The molecule has 0 unspecified atom stereocenters. The van der Waals surface area contributed by atoms with Gasteiger partial charge in [-0.3, -0.25) is 0 Å². The first-order valence-corrected chi connectivity index (χ1v) is 9.87. The lowest BCUT2D eigenvalue weighted by Crippen LogP contribution is -2.49. The molecule has 1 aromatic carbocycles. The van der Waals surface area contributed by atoms with Crippen molar-refractivity contribution < 1.29 is 14.3 Å². The molecule has 0 spiro atoms. The van der Waals surface area contributed by atoms with Gasteiger partial charge in [0.1, 0.15) is 5.60 Å². The van der Waals surface area contributed by atoms with Gasteiger partial charge in [-0.25, -0.2) is 4.79 Å². The lowest BCUT2D eigenvalue weighted by Gasteiger charge is -2.41. The van der Waals surface area contributed by atoms with Crippen LogP contribution >= 0.6 is 27.5 Å². The van der Waals surface area contributed by atoms with E-state index in [-0.39, 0.29) is 11.7 Å². The Morgan fingerprint density at radius 2 is 1.96 bits per heavy atom. The van der Waals surface area contributed by atoms with Crippen LogP contribution in [0.4, 0.5) is 4.79 Å². The summed E-state index contributed by atoms with van der Waals surface area (Å²) in [5, 5.41) is 0.701. The number of amides is 1. The number of nitrogens with zero attached hydrogens (tertiary/aromatic N) is 1. The van der Waals surface area contributed by atoms with Crippen LogP contribution < -0.4 is 0 Å². The number of likely N-dealkylation sites (tertiary alicyclic amines) is 1. The van der Waals surface area contributed by atoms with Crippen LogP contribution in [0.5, 0.6) is 0 Å². The molecule has 1 heterocycles. The first kappa shape index (κ1) is 20.5. The maximum absolute atomic E-state index is 12.2. The predicted molar refractivity (Wildman–Crippen MR) is 104 cm³/mol. The zero-order valence-electron chi connectivity index (χ0n) is 15.4. The van der Waals surface area contributed by atoms with Crippen LogP contribution in [0.2, 0.25) is 5.02 Å². The average Bonchev–Trinajstić information content (AvgIpc) is 2.53. The van der Waals surface area contributed by atoms with E-state index >= 15 is 0 Å². The molecule has 1 aromatic rings. The van der Waals surface area contributed by atoms with Gasteiger partial charge in [-0.2, -0.15) is 0 Å². The number of piperidine rings is 1. The summed E-state index contributed by atoms with van der Waals surface area (Å²) < 4.78 is 12.7. The number of carbonyl (C=O) groups is 1. The third-order valence-electron chi connectivity index (χ3n) is 4.52. The predicted octanol–water partition coefficient (Wildman–Crippen LogP) is 5.80. The Bertz CT molecular complexity index is 607. The van der Waals surface area contributed by atoms with Crippen molar-refractivity contribution in [3.05, 3.63) is 33.3 Å². The van der Waals surface area contributed by atoms with E-state index in [9.17, 15) is 4.79 Å². The fraction of sp³-hybridized carbons (Fsp3) is 0.632. The number of hydrogen-bond donors (Lipinski definition) is 0. The summed E-state index contributed by atoms with van der Waals surface area (Å²) in [5.41, 5.74) is 0.299. The van der Waals surface area contributed by atoms with Crippen LogP contribution in [0.25, 0.3) is 0 Å². The fourth-order valence-corrected chi connectivity index (χ4v) is 3.62. The van der Waals surface area contributed by atoms with Crippen molar-refractivity contribution in [1.29, 1.82) is 0 Å². The minimum absolute atomic E-state index is 0.213. The number of halogens is 2. The van der Waals surface area contributed by atoms with Gasteiger partial charge in [-0.1, -0.05) is 40.5 Å². The van der Waals surface area contributed by atoms with Crippen molar-refractivity contribution in [2.75, 3.05) is 13.1 Å². The standard InChI is InChI=1S/C19H27BrClNO3/c1-5-19(24-13-14-6-7-15(20)12-16(14)21)8-10-22(11-9-19)17(23)25-18(2,3)4/h6-7,12H,5,8-11,13H2,1-4H3. The Morgan fingerprint density at radius 3 is 2.48 bits per heavy atom. The Morgan fingerprint density at radius 1 is 1.32 bits per heavy atom. The quantitative estimate of drug-likeness (QED) is 0.603. The molecular formula is C19H27BrClNO3. The second-order valence-corrected chi connectivity index (χ2v) is 8.85. The summed E-state index contributed by atoms with van der Waals surface area (Å²) >= 11 is 9.70. The lowest BCUT2D eigenvalue weighted by atomic mass is 9.88. The number of carbonyl (C=O) groups excluding carboxylic acids is 1. The highest BCUT2D eigenvalue weighted by atomic mass is 79.9. The molecule has 1 amide bonds. The zero-order chi connectivity index (χ0) is 18.7. The van der Waals surface area contributed by atoms with Crippen LogP contribution in [0.3, 0.4) is 0 Å². The number of benzene rings is 1. The van der Waals surface area contributed by atoms with Gasteiger partial charge in [-0.15, -0.1) is 0 Å². The molecule has 0 aliphatic carbocycles. The molecule has 25 heavy (non-hydrogen) atoms. The van der Waals surface area contributed by atoms with Gasteiger partial charge in [0.2, 0.25) is 0 Å². The Hall–Kier alpha value is -0.780. The van der Waals surface area contributed by atoms with Gasteiger partial charge in [-0.05, 0) is 57.7 Å². The van der Waals surface area contributed by atoms with E-state index in [2.05, 4.69) is 22.9 Å². The third kappa shape index (κ3) is 5.87. The van der Waals surface area contributed by atoms with E-state index in [1.165, 1.54) is 0 Å². The minimum atomic E-state index is -0.467. The highest BCUT2D eigenvalue weighted by molar-refractivity contribution is 9.10. The van der Waals surface area contributed by atoms with E-state index in [1.807, 2.05) is 39.0 Å². The van der Waals surface area contributed by atoms with E-state index in [0.29, 0.717) is 24.7 Å². The van der Waals surface area contributed by atoms with Crippen molar-refractivity contribution in [2.45, 2.75) is 64.8 Å². The number of rotatable bonds is 4. The van der Waals surface area contributed by atoms with Crippen molar-refractivity contribution in [3.63, 3.8) is 0 Å². The summed E-state index contributed by atoms with van der Waals surface area (Å²) in [5.74, 6) is 0. The molecule has 0 bridgehead atoms. The van der Waals surface area contributed by atoms with Gasteiger partial charge in [0.05, 0.1) is 12.2 Å². The van der Waals surface area contributed by atoms with Crippen molar-refractivity contribution >= 4 is 33.6 Å². The first-order chi connectivity index (χ1) is 11.6. The largest absolute Gasteiger partial charge is 0.444 e. The van der Waals surface area contributed by atoms with Gasteiger partial charge in [0.15, 0.2) is 0 Å². The smallest absolute Gasteiger partial charge is 0.410 e. The van der Waals surface area contributed by atoms with E-state index in [4.69, 9.17) is 21.1 Å². The molecule has 1 aliphatic rings. The van der Waals surface area contributed by atoms with Gasteiger partial charge >= 0.3 is 6.09 Å². The third-order valence-corrected chi connectivity index (χ3v) is 5.36. The highest BCUT2D eigenvalue weighted by Crippen LogP contribution is 2.32. The Labute approximate surface area is 163 Å². The van der Waals surface area contributed by atoms with Crippen LogP contribution in [-0.2, 0) is 16.1 Å². The van der Waals surface area contributed by atoms with Crippen LogP contribution in [-0.4, -0.2) is 35.3 Å². The second kappa shape index (κ2) is 8.28. The van der Waals surface area contributed by atoms with E-state index < -0.39 is 5.60 Å². The first-order valence-electron chi connectivity index (χ1n) is 8.70. The van der Waals surface area contributed by atoms with Crippen molar-refractivity contribution in [3.8, 4) is 0 Å². The van der Waals surface area contributed by atoms with Crippen molar-refractivity contribution in [2.24, 2.45) is 0 Å². The molecular weight excluding hydrogens is 406 g/mol. The molecule has 6 heteroatoms. The van der Waals surface area contributed by atoms with Crippen LogP contribution in [0, 0.1) is 0 Å². The molecule has 1 saturated heterocycles. The van der Waals surface area contributed by atoms with Gasteiger partial charge in [0, 0.05) is 22.6 Å². The molecule has 4 nitrogen and oxygen atoms in total. The van der Waals surface area contributed by atoms with E-state index in [1.54, 1.807) is 4.90 Å². The minimum Gasteiger partial charge on any atom is -0.444 e. The topological polar surface area (TPSA) is 38.8 Å². The number of hydrogen-bond acceptors (Lipinski definition) is 3. The zero-order valence-corrected chi connectivity index (χ0v) is 17.7. The maximum Gasteiger partial charge on any atom is 0.410 e. The summed E-state index contributed by atoms with van der Waals surface area (Å²) in [6, 6.07) is 5.82. The van der Waals surface area contributed by atoms with Gasteiger partial charge < -0.3 is 14.4 Å². The molecule has 0 N–H and O–H groups in total. The molecule has 0 aromatic heterocycles. The lowest BCUT2D eigenvalue weighted by molar-refractivity contribution is -0.0954. The maximum atomic E-state index is 12.2. The summed E-state index contributed by atoms with van der Waals surface area (Å²) in [6.07, 6.45) is 2.27. The molecule has 0 radical (unpaired) electrons. The normalized spacial score (nSPS) is 17.4. The SMILES string of the molecule is CCC1(OCc2ccc(Br)cc2Cl)CCN(C(=O)OC(C)(C)C)CC1. The average molecular weight is 433 g/mol.